The molecule has 2 fully saturated rings. The minimum absolute atomic E-state index is 0.527. The van der Waals surface area contributed by atoms with Crippen molar-refractivity contribution in [1.82, 2.24) is 0 Å². The molecular weight excluding hydrogens is 307 g/mol. The van der Waals surface area contributed by atoms with Gasteiger partial charge in [0, 0.05) is 3.92 Å². The number of alkyl halides is 1. The molecule has 0 aliphatic heterocycles. The van der Waals surface area contributed by atoms with Gasteiger partial charge in [0.05, 0.1) is 0 Å². The molecule has 2 aliphatic carbocycles. The van der Waals surface area contributed by atoms with Crippen LogP contribution in [0.25, 0.3) is 0 Å². The van der Waals surface area contributed by atoms with Crippen LogP contribution in [-0.2, 0) is 0 Å². The van der Waals surface area contributed by atoms with E-state index in [1.54, 1.807) is 0 Å². The topological polar surface area (TPSA) is 0 Å². The average molecular weight is 334 g/mol. The Morgan fingerprint density at radius 1 is 0.812 bits per heavy atom. The molecule has 0 bridgehead atoms. The van der Waals surface area contributed by atoms with Crippen LogP contribution >= 0.6 is 22.6 Å². The van der Waals surface area contributed by atoms with Crippen LogP contribution in [0.3, 0.4) is 0 Å². The predicted octanol–water partition coefficient (Wildman–Crippen LogP) is 5.59. The lowest BCUT2D eigenvalue weighted by molar-refractivity contribution is -0.0128. The van der Waals surface area contributed by atoms with Gasteiger partial charge in [-0.25, -0.2) is 0 Å². The molecule has 2 rings (SSSR count). The third-order valence-corrected chi connectivity index (χ3v) is 8.32. The second kappa shape index (κ2) is 4.13. The Morgan fingerprint density at radius 3 is 1.69 bits per heavy atom. The summed E-state index contributed by atoms with van der Waals surface area (Å²) in [7, 11) is 0. The lowest BCUT2D eigenvalue weighted by Crippen LogP contribution is -2.50. The highest BCUT2D eigenvalue weighted by Crippen LogP contribution is 2.61. The lowest BCUT2D eigenvalue weighted by Gasteiger charge is -2.57. The Hall–Kier alpha value is 0.730. The number of halogens is 1. The minimum Gasteiger partial charge on any atom is -0.0815 e. The van der Waals surface area contributed by atoms with Crippen molar-refractivity contribution in [3.8, 4) is 0 Å². The first-order valence-corrected chi connectivity index (χ1v) is 8.16. The highest BCUT2D eigenvalue weighted by molar-refractivity contribution is 14.1. The SMILES string of the molecule is CC1(C)CC2(CCCCC2)CC(C)(C)C1I. The van der Waals surface area contributed by atoms with E-state index in [2.05, 4.69) is 50.3 Å². The summed E-state index contributed by atoms with van der Waals surface area (Å²) in [5, 5.41) is 0. The molecule has 0 unspecified atom stereocenters. The molecule has 0 nitrogen and oxygen atoms in total. The minimum atomic E-state index is 0.527. The van der Waals surface area contributed by atoms with E-state index in [1.165, 1.54) is 44.9 Å². The van der Waals surface area contributed by atoms with Crippen LogP contribution in [0, 0.1) is 16.2 Å². The molecule has 0 N–H and O–H groups in total. The Morgan fingerprint density at radius 2 is 1.25 bits per heavy atom. The van der Waals surface area contributed by atoms with Gasteiger partial charge in [-0.3, -0.25) is 0 Å². The van der Waals surface area contributed by atoms with E-state index in [1.807, 2.05) is 0 Å². The van der Waals surface area contributed by atoms with Gasteiger partial charge in [0.1, 0.15) is 0 Å². The van der Waals surface area contributed by atoms with Gasteiger partial charge in [0.15, 0.2) is 0 Å². The predicted molar refractivity (Wildman–Crippen MR) is 80.1 cm³/mol. The van der Waals surface area contributed by atoms with Gasteiger partial charge >= 0.3 is 0 Å². The monoisotopic (exact) mass is 334 g/mol. The Kier molecular flexibility index (Phi) is 3.40. The maximum Gasteiger partial charge on any atom is 0.0212 e. The molecule has 2 saturated carbocycles. The highest BCUT2D eigenvalue weighted by Gasteiger charge is 2.52. The van der Waals surface area contributed by atoms with E-state index >= 15 is 0 Å². The fraction of sp³-hybridized carbons (Fsp3) is 1.00. The fourth-order valence-electron chi connectivity index (χ4n) is 4.89. The molecule has 0 aromatic heterocycles. The smallest absolute Gasteiger partial charge is 0.0212 e. The molecule has 0 atom stereocenters. The molecule has 0 amide bonds. The Balaban J connectivity index is 2.24. The first kappa shape index (κ1) is 13.2. The summed E-state index contributed by atoms with van der Waals surface area (Å²) in [5.74, 6) is 0. The summed E-state index contributed by atoms with van der Waals surface area (Å²) in [4.78, 5) is 0. The maximum absolute atomic E-state index is 2.72. The molecule has 0 aromatic carbocycles. The van der Waals surface area contributed by atoms with Crippen molar-refractivity contribution in [3.63, 3.8) is 0 Å². The fourth-order valence-corrected chi connectivity index (χ4v) is 5.33. The highest BCUT2D eigenvalue weighted by atomic mass is 127. The quantitative estimate of drug-likeness (QED) is 0.400. The zero-order valence-corrected chi connectivity index (χ0v) is 13.6. The van der Waals surface area contributed by atoms with Crippen LogP contribution < -0.4 is 0 Å². The van der Waals surface area contributed by atoms with Gasteiger partial charge in [0.2, 0.25) is 0 Å². The first-order chi connectivity index (χ1) is 7.28. The van der Waals surface area contributed by atoms with E-state index in [-0.39, 0.29) is 0 Å². The average Bonchev–Trinajstić information content (AvgIpc) is 2.14. The lowest BCUT2D eigenvalue weighted by atomic mass is 9.51. The van der Waals surface area contributed by atoms with Crippen molar-refractivity contribution in [2.24, 2.45) is 16.2 Å². The van der Waals surface area contributed by atoms with Gasteiger partial charge in [-0.05, 0) is 41.9 Å². The van der Waals surface area contributed by atoms with Crippen molar-refractivity contribution in [2.45, 2.75) is 76.6 Å². The Bertz CT molecular complexity index is 239. The van der Waals surface area contributed by atoms with Crippen LogP contribution in [0.5, 0.6) is 0 Å². The molecule has 0 aromatic rings. The van der Waals surface area contributed by atoms with Gasteiger partial charge in [-0.2, -0.15) is 0 Å². The molecule has 1 spiro atoms. The second-order valence-electron chi connectivity index (χ2n) is 7.75. The van der Waals surface area contributed by atoms with Gasteiger partial charge < -0.3 is 0 Å². The summed E-state index contributed by atoms with van der Waals surface area (Å²) < 4.78 is 0.824. The van der Waals surface area contributed by atoms with E-state index in [0.29, 0.717) is 16.2 Å². The van der Waals surface area contributed by atoms with E-state index in [0.717, 1.165) is 3.92 Å². The Labute approximate surface area is 115 Å². The molecule has 94 valence electrons. The molecule has 2 aliphatic rings. The van der Waals surface area contributed by atoms with E-state index in [9.17, 15) is 0 Å². The van der Waals surface area contributed by atoms with Gasteiger partial charge in [-0.1, -0.05) is 69.5 Å². The molecule has 0 saturated heterocycles. The van der Waals surface area contributed by atoms with E-state index in [4.69, 9.17) is 0 Å². The first-order valence-electron chi connectivity index (χ1n) is 6.92. The van der Waals surface area contributed by atoms with Crippen LogP contribution in [0.15, 0.2) is 0 Å². The van der Waals surface area contributed by atoms with Crippen molar-refractivity contribution >= 4 is 22.6 Å². The zero-order valence-electron chi connectivity index (χ0n) is 11.4. The number of hydrogen-bond acceptors (Lipinski definition) is 0. The van der Waals surface area contributed by atoms with Crippen molar-refractivity contribution < 1.29 is 0 Å². The van der Waals surface area contributed by atoms with Gasteiger partial charge in [-0.15, -0.1) is 0 Å². The molecule has 0 radical (unpaired) electrons. The summed E-state index contributed by atoms with van der Waals surface area (Å²) in [5.41, 5.74) is 1.76. The summed E-state index contributed by atoms with van der Waals surface area (Å²) in [6.45, 7) is 10.0. The molecule has 1 heteroatoms. The van der Waals surface area contributed by atoms with Gasteiger partial charge in [0.25, 0.3) is 0 Å². The summed E-state index contributed by atoms with van der Waals surface area (Å²) in [6, 6.07) is 0. The van der Waals surface area contributed by atoms with Crippen molar-refractivity contribution in [1.29, 1.82) is 0 Å². The van der Waals surface area contributed by atoms with Crippen LogP contribution in [-0.4, -0.2) is 3.92 Å². The van der Waals surface area contributed by atoms with Crippen LogP contribution in [0.2, 0.25) is 0 Å². The zero-order chi connectivity index (χ0) is 12.0. The third-order valence-electron chi connectivity index (χ3n) is 4.95. The third kappa shape index (κ3) is 2.30. The molecular formula is C15H27I. The summed E-state index contributed by atoms with van der Waals surface area (Å²) in [6.07, 6.45) is 10.4. The van der Waals surface area contributed by atoms with Crippen LogP contribution in [0.1, 0.15) is 72.6 Å². The van der Waals surface area contributed by atoms with Crippen molar-refractivity contribution in [3.05, 3.63) is 0 Å². The summed E-state index contributed by atoms with van der Waals surface area (Å²) >= 11 is 2.72. The maximum atomic E-state index is 2.72. The largest absolute Gasteiger partial charge is 0.0815 e. The standard InChI is InChI=1S/C15H27I/c1-13(2)10-15(8-6-5-7-9-15)11-14(3,4)12(13)16/h12H,5-11H2,1-4H3. The second-order valence-corrected chi connectivity index (χ2v) is 9.00. The normalized spacial score (nSPS) is 32.8. The van der Waals surface area contributed by atoms with Crippen LogP contribution in [0.4, 0.5) is 0 Å². The van der Waals surface area contributed by atoms with E-state index < -0.39 is 0 Å². The molecule has 16 heavy (non-hydrogen) atoms. The molecule has 0 heterocycles. The number of rotatable bonds is 0. The van der Waals surface area contributed by atoms with Crippen molar-refractivity contribution in [2.75, 3.05) is 0 Å². The number of hydrogen-bond donors (Lipinski definition) is 0.